The standard InChI is InChI=1S/C16H19NO.C15H19NO/c1-10(2)13-6-12-7-16(18)14(11-4-3-5-11)8-15(12)17-9-13;1-8(2)13-7-16-15-10(4)9(3)14(17)6-12(15)11(13)5/h6,8-11H,3-5,7H2,1-2H3;7-8H,6H2,1-5H3. The highest BCUT2D eigenvalue weighted by Crippen LogP contribution is 2.37. The van der Waals surface area contributed by atoms with Gasteiger partial charge in [0.05, 0.1) is 11.4 Å². The first-order valence-corrected chi connectivity index (χ1v) is 13.0. The molecule has 0 saturated heterocycles. The summed E-state index contributed by atoms with van der Waals surface area (Å²) >= 11 is 0. The van der Waals surface area contributed by atoms with Crippen molar-refractivity contribution in [2.75, 3.05) is 0 Å². The van der Waals surface area contributed by atoms with E-state index in [1.54, 1.807) is 0 Å². The first-order chi connectivity index (χ1) is 16.6. The van der Waals surface area contributed by atoms with Crippen LogP contribution in [-0.2, 0) is 22.4 Å². The minimum absolute atomic E-state index is 0.237. The molecule has 4 heteroatoms. The Hall–Kier alpha value is -2.88. The van der Waals surface area contributed by atoms with E-state index in [4.69, 9.17) is 0 Å². The second kappa shape index (κ2) is 10.0. The first kappa shape index (κ1) is 25.2. The Bertz CT molecular complexity index is 1240. The Kier molecular flexibility index (Phi) is 7.21. The highest BCUT2D eigenvalue weighted by atomic mass is 16.1. The van der Waals surface area contributed by atoms with Crippen LogP contribution < -0.4 is 0 Å². The quantitative estimate of drug-likeness (QED) is 0.487. The van der Waals surface area contributed by atoms with Crippen molar-refractivity contribution in [3.8, 4) is 0 Å². The van der Waals surface area contributed by atoms with E-state index in [0.717, 1.165) is 39.2 Å². The monoisotopic (exact) mass is 470 g/mol. The lowest BCUT2D eigenvalue weighted by molar-refractivity contribution is -0.116. The zero-order chi connectivity index (χ0) is 25.4. The van der Waals surface area contributed by atoms with Crippen LogP contribution in [-0.4, -0.2) is 21.5 Å². The maximum absolute atomic E-state index is 12.2. The van der Waals surface area contributed by atoms with Crippen LogP contribution in [0.4, 0.5) is 0 Å². The molecule has 0 atom stereocenters. The molecule has 3 aliphatic carbocycles. The van der Waals surface area contributed by atoms with Gasteiger partial charge in [-0.25, -0.2) is 0 Å². The number of pyridine rings is 2. The molecule has 1 fully saturated rings. The molecule has 0 unspecified atom stereocenters. The van der Waals surface area contributed by atoms with E-state index in [0.29, 0.717) is 36.4 Å². The Morgan fingerprint density at radius 2 is 1.57 bits per heavy atom. The van der Waals surface area contributed by atoms with Crippen molar-refractivity contribution < 1.29 is 9.59 Å². The lowest BCUT2D eigenvalue weighted by Gasteiger charge is -2.29. The fraction of sp³-hybridized carbons (Fsp3) is 0.484. The normalized spacial score (nSPS) is 17.6. The van der Waals surface area contributed by atoms with Crippen molar-refractivity contribution in [1.29, 1.82) is 0 Å². The number of allylic oxidation sites excluding steroid dienone is 3. The summed E-state index contributed by atoms with van der Waals surface area (Å²) in [6.07, 6.45) is 10.6. The van der Waals surface area contributed by atoms with E-state index < -0.39 is 0 Å². The lowest BCUT2D eigenvalue weighted by Crippen LogP contribution is -2.24. The highest BCUT2D eigenvalue weighted by Gasteiger charge is 2.30. The maximum atomic E-state index is 12.2. The fourth-order valence-electron chi connectivity index (χ4n) is 5.16. The van der Waals surface area contributed by atoms with Crippen LogP contribution in [0.2, 0.25) is 0 Å². The molecule has 4 nitrogen and oxygen atoms in total. The molecular weight excluding hydrogens is 432 g/mol. The van der Waals surface area contributed by atoms with Crippen molar-refractivity contribution in [2.24, 2.45) is 5.92 Å². The number of fused-ring (bicyclic) bond motifs is 2. The molecule has 184 valence electrons. The number of ketones is 2. The molecule has 2 aromatic rings. The van der Waals surface area contributed by atoms with E-state index in [1.165, 1.54) is 36.0 Å². The predicted molar refractivity (Wildman–Crippen MR) is 142 cm³/mol. The SMILES string of the molecule is CC(C)c1cnc2c(c1)CC(=O)C(C1CCC1)=C2.CC1=C(C)c2ncc(C(C)C)c(C)c2CC1=O. The molecule has 35 heavy (non-hydrogen) atoms. The average molecular weight is 471 g/mol. The Morgan fingerprint density at radius 1 is 0.857 bits per heavy atom. The summed E-state index contributed by atoms with van der Waals surface area (Å²) in [6.45, 7) is 14.6. The topological polar surface area (TPSA) is 59.9 Å². The molecule has 3 aliphatic rings. The van der Waals surface area contributed by atoms with Gasteiger partial charge in [0.15, 0.2) is 11.6 Å². The number of Topliss-reactive ketones (excluding diaryl/α,β-unsaturated/α-hetero) is 2. The van der Waals surface area contributed by atoms with Crippen LogP contribution in [0.15, 0.2) is 29.6 Å². The summed E-state index contributed by atoms with van der Waals surface area (Å²) in [4.78, 5) is 33.2. The summed E-state index contributed by atoms with van der Waals surface area (Å²) in [5.41, 5.74) is 10.9. The molecule has 2 aromatic heterocycles. The number of hydrogen-bond donors (Lipinski definition) is 0. The van der Waals surface area contributed by atoms with Gasteiger partial charge in [-0.3, -0.25) is 19.6 Å². The van der Waals surface area contributed by atoms with Crippen LogP contribution in [0.1, 0.15) is 112 Å². The summed E-state index contributed by atoms with van der Waals surface area (Å²) in [6, 6.07) is 2.15. The summed E-state index contributed by atoms with van der Waals surface area (Å²) < 4.78 is 0. The number of carbonyl (C=O) groups excluding carboxylic acids is 2. The van der Waals surface area contributed by atoms with Crippen molar-refractivity contribution >= 4 is 23.2 Å². The molecule has 0 amide bonds. The van der Waals surface area contributed by atoms with E-state index in [2.05, 4.69) is 50.7 Å². The summed E-state index contributed by atoms with van der Waals surface area (Å²) in [7, 11) is 0. The number of hydrogen-bond acceptors (Lipinski definition) is 4. The molecule has 0 aromatic carbocycles. The Labute approximate surface area is 210 Å². The molecule has 1 saturated carbocycles. The molecule has 0 aliphatic heterocycles. The first-order valence-electron chi connectivity index (χ1n) is 13.0. The third-order valence-corrected chi connectivity index (χ3v) is 8.00. The number of carbonyl (C=O) groups is 2. The van der Waals surface area contributed by atoms with Gasteiger partial charge in [-0.15, -0.1) is 0 Å². The highest BCUT2D eigenvalue weighted by molar-refractivity contribution is 6.06. The minimum Gasteiger partial charge on any atom is -0.294 e. The number of nitrogens with zero attached hydrogens (tertiary/aromatic N) is 2. The number of aromatic nitrogens is 2. The van der Waals surface area contributed by atoms with Crippen LogP contribution in [0.3, 0.4) is 0 Å². The third-order valence-electron chi connectivity index (χ3n) is 8.00. The molecule has 0 N–H and O–H groups in total. The van der Waals surface area contributed by atoms with Crippen molar-refractivity contribution in [2.45, 2.75) is 92.4 Å². The van der Waals surface area contributed by atoms with Gasteiger partial charge >= 0.3 is 0 Å². The van der Waals surface area contributed by atoms with Crippen LogP contribution in [0.25, 0.3) is 11.6 Å². The van der Waals surface area contributed by atoms with Crippen molar-refractivity contribution in [3.63, 3.8) is 0 Å². The van der Waals surface area contributed by atoms with Gasteiger partial charge in [0.2, 0.25) is 0 Å². The lowest BCUT2D eigenvalue weighted by atomic mass is 9.75. The van der Waals surface area contributed by atoms with Crippen molar-refractivity contribution in [1.82, 2.24) is 9.97 Å². The third kappa shape index (κ3) is 4.94. The van der Waals surface area contributed by atoms with Gasteiger partial charge in [0.1, 0.15) is 0 Å². The molecule has 0 bridgehead atoms. The smallest absolute Gasteiger partial charge is 0.163 e. The van der Waals surface area contributed by atoms with Gasteiger partial charge in [-0.2, -0.15) is 0 Å². The number of rotatable bonds is 3. The van der Waals surface area contributed by atoms with E-state index in [-0.39, 0.29) is 5.78 Å². The molecule has 2 heterocycles. The average Bonchev–Trinajstić information content (AvgIpc) is 2.77. The molecule has 0 radical (unpaired) electrons. The van der Waals surface area contributed by atoms with Gasteiger partial charge in [-0.05, 0) is 96.4 Å². The summed E-state index contributed by atoms with van der Waals surface area (Å²) in [5, 5.41) is 0. The van der Waals surface area contributed by atoms with Crippen LogP contribution >= 0.6 is 0 Å². The zero-order valence-corrected chi connectivity index (χ0v) is 22.3. The van der Waals surface area contributed by atoms with Gasteiger partial charge in [0, 0.05) is 30.8 Å². The second-order valence-electron chi connectivity index (χ2n) is 11.0. The van der Waals surface area contributed by atoms with Gasteiger partial charge < -0.3 is 0 Å². The van der Waals surface area contributed by atoms with E-state index in [9.17, 15) is 9.59 Å². The molecule has 0 spiro atoms. The van der Waals surface area contributed by atoms with Crippen LogP contribution in [0.5, 0.6) is 0 Å². The van der Waals surface area contributed by atoms with Crippen molar-refractivity contribution in [3.05, 3.63) is 68.8 Å². The Morgan fingerprint density at radius 3 is 2.17 bits per heavy atom. The second-order valence-corrected chi connectivity index (χ2v) is 11.0. The largest absolute Gasteiger partial charge is 0.294 e. The van der Waals surface area contributed by atoms with Gasteiger partial charge in [-0.1, -0.05) is 40.2 Å². The molecule has 5 rings (SSSR count). The Balaban J connectivity index is 0.000000165. The van der Waals surface area contributed by atoms with E-state index in [1.807, 2.05) is 32.3 Å². The summed E-state index contributed by atoms with van der Waals surface area (Å²) in [5.74, 6) is 1.98. The predicted octanol–water partition coefficient (Wildman–Crippen LogP) is 6.95. The van der Waals surface area contributed by atoms with Crippen LogP contribution in [0, 0.1) is 12.8 Å². The van der Waals surface area contributed by atoms with Gasteiger partial charge in [0.25, 0.3) is 0 Å². The zero-order valence-electron chi connectivity index (χ0n) is 22.3. The minimum atomic E-state index is 0.237. The molecular formula is C31H38N2O2. The maximum Gasteiger partial charge on any atom is 0.163 e. The fourth-order valence-corrected chi connectivity index (χ4v) is 5.16. The van der Waals surface area contributed by atoms with E-state index >= 15 is 0 Å².